The highest BCUT2D eigenvalue weighted by molar-refractivity contribution is 6.30. The number of primary amides is 1. The molecule has 31 heavy (non-hydrogen) atoms. The second-order valence-electron chi connectivity index (χ2n) is 7.90. The van der Waals surface area contributed by atoms with Crippen LogP contribution in [0, 0.1) is 5.41 Å². The number of tetrazole rings is 1. The van der Waals surface area contributed by atoms with Crippen LogP contribution in [0.2, 0.25) is 5.02 Å². The van der Waals surface area contributed by atoms with Crippen LogP contribution >= 0.6 is 11.6 Å². The molecule has 2 aromatic heterocycles. The summed E-state index contributed by atoms with van der Waals surface area (Å²) >= 11 is 5.82. The first-order valence-electron chi connectivity index (χ1n) is 9.43. The van der Waals surface area contributed by atoms with Crippen LogP contribution in [0.15, 0.2) is 42.6 Å². The number of nitrogens with zero attached hydrogens (tertiary/aromatic N) is 5. The van der Waals surface area contributed by atoms with Gasteiger partial charge in [0.05, 0.1) is 11.1 Å². The Morgan fingerprint density at radius 2 is 1.94 bits per heavy atom. The lowest BCUT2D eigenvalue weighted by Gasteiger charge is -2.31. The molecule has 0 aliphatic heterocycles. The normalized spacial score (nSPS) is 13.5. The topological polar surface area (TPSA) is 138 Å². The van der Waals surface area contributed by atoms with Gasteiger partial charge in [0.2, 0.25) is 11.7 Å². The molecule has 1 aromatic carbocycles. The van der Waals surface area contributed by atoms with Gasteiger partial charge in [0, 0.05) is 17.8 Å². The van der Waals surface area contributed by atoms with Crippen molar-refractivity contribution in [2.45, 2.75) is 39.5 Å². The second kappa shape index (κ2) is 9.27. The van der Waals surface area contributed by atoms with Gasteiger partial charge >= 0.3 is 6.09 Å². The molecule has 0 spiro atoms. The predicted molar refractivity (Wildman–Crippen MR) is 112 cm³/mol. The lowest BCUT2D eigenvalue weighted by atomic mass is 9.86. The fourth-order valence-corrected chi connectivity index (χ4v) is 2.83. The van der Waals surface area contributed by atoms with E-state index in [1.807, 2.05) is 20.8 Å². The molecule has 0 saturated carbocycles. The molecule has 3 aromatic rings. The largest absolute Gasteiger partial charge is 0.442 e. The molecule has 1 unspecified atom stereocenters. The Labute approximate surface area is 183 Å². The number of halogens is 1. The summed E-state index contributed by atoms with van der Waals surface area (Å²) in [4.78, 5) is 16.6. The fraction of sp³-hybridized carbons (Fsp3) is 0.350. The number of hydrogen-bond donors (Lipinski definition) is 2. The Balaban J connectivity index is 1.70. The number of carbonyl (C=O) groups is 1. The quantitative estimate of drug-likeness (QED) is 0.564. The summed E-state index contributed by atoms with van der Waals surface area (Å²) in [5.74, 6) is 1.35. The van der Waals surface area contributed by atoms with Crippen molar-refractivity contribution in [3.63, 3.8) is 0 Å². The number of aromatic nitrogens is 5. The van der Waals surface area contributed by atoms with Gasteiger partial charge in [0.25, 0.3) is 0 Å². The maximum Gasteiger partial charge on any atom is 0.404 e. The number of rotatable bonds is 7. The zero-order valence-electron chi connectivity index (χ0n) is 17.3. The Hall–Kier alpha value is -3.24. The number of benzene rings is 1. The molecular weight excluding hydrogens is 424 g/mol. The van der Waals surface area contributed by atoms with Crippen molar-refractivity contribution in [2.75, 3.05) is 0 Å². The molecule has 11 heteroatoms. The van der Waals surface area contributed by atoms with Gasteiger partial charge in [-0.15, -0.1) is 10.2 Å². The maximum absolute atomic E-state index is 11.2. The number of ether oxygens (including phenoxy) is 2. The number of pyridine rings is 1. The van der Waals surface area contributed by atoms with Crippen molar-refractivity contribution >= 4 is 17.7 Å². The third kappa shape index (κ3) is 6.12. The summed E-state index contributed by atoms with van der Waals surface area (Å²) in [5.41, 5.74) is 5.30. The van der Waals surface area contributed by atoms with Gasteiger partial charge in [-0.3, -0.25) is 0 Å². The van der Waals surface area contributed by atoms with Gasteiger partial charge in [-0.2, -0.15) is 4.80 Å². The summed E-state index contributed by atoms with van der Waals surface area (Å²) < 4.78 is 10.7. The van der Waals surface area contributed by atoms with E-state index in [2.05, 4.69) is 20.4 Å². The third-order valence-electron chi connectivity index (χ3n) is 4.34. The summed E-state index contributed by atoms with van der Waals surface area (Å²) in [5, 5.41) is 23.3. The molecule has 2 atom stereocenters. The Morgan fingerprint density at radius 1 is 1.23 bits per heavy atom. The first kappa shape index (κ1) is 22.4. The van der Waals surface area contributed by atoms with Crippen LogP contribution < -0.4 is 10.5 Å². The molecule has 0 bridgehead atoms. The van der Waals surface area contributed by atoms with Crippen LogP contribution in [-0.2, 0) is 11.3 Å². The van der Waals surface area contributed by atoms with Crippen LogP contribution in [0.3, 0.4) is 0 Å². The minimum absolute atomic E-state index is 0.00218. The molecule has 0 aliphatic rings. The zero-order valence-corrected chi connectivity index (χ0v) is 18.0. The zero-order chi connectivity index (χ0) is 22.6. The Morgan fingerprint density at radius 3 is 2.52 bits per heavy atom. The van der Waals surface area contributed by atoms with Crippen molar-refractivity contribution in [1.82, 2.24) is 25.2 Å². The molecule has 3 N–H and O–H groups in total. The second-order valence-corrected chi connectivity index (χ2v) is 8.33. The van der Waals surface area contributed by atoms with E-state index < -0.39 is 23.7 Å². The first-order valence-corrected chi connectivity index (χ1v) is 9.81. The number of nitrogens with two attached hydrogens (primary N) is 1. The molecule has 3 rings (SSSR count). The van der Waals surface area contributed by atoms with E-state index in [1.165, 1.54) is 11.0 Å². The van der Waals surface area contributed by atoms with Crippen molar-refractivity contribution in [1.29, 1.82) is 0 Å². The minimum Gasteiger partial charge on any atom is -0.442 e. The number of aliphatic hydroxyl groups excluding tert-OH is 1. The van der Waals surface area contributed by atoms with E-state index in [0.29, 0.717) is 28.0 Å². The van der Waals surface area contributed by atoms with Gasteiger partial charge in [0.15, 0.2) is 6.10 Å². The van der Waals surface area contributed by atoms with Crippen molar-refractivity contribution in [2.24, 2.45) is 11.1 Å². The number of carbonyl (C=O) groups excluding carboxylic acids is 1. The number of amides is 1. The van der Waals surface area contributed by atoms with Crippen molar-refractivity contribution in [3.05, 3.63) is 47.6 Å². The van der Waals surface area contributed by atoms with Gasteiger partial charge in [-0.05, 0) is 41.0 Å². The average molecular weight is 447 g/mol. The SMILES string of the molecule is CC(C)(C)C(O)[C@@H](Cn1nnc(-c2ccc(Oc3ccc(Cl)cn3)cc2)n1)OC(N)=O. The summed E-state index contributed by atoms with van der Waals surface area (Å²) in [6.07, 6.45) is -1.40. The number of hydrogen-bond acceptors (Lipinski definition) is 8. The first-order chi connectivity index (χ1) is 14.6. The highest BCUT2D eigenvalue weighted by atomic mass is 35.5. The predicted octanol–water partition coefficient (Wildman–Crippen LogP) is 3.05. The summed E-state index contributed by atoms with van der Waals surface area (Å²) in [6, 6.07) is 10.4. The molecule has 0 radical (unpaired) electrons. The van der Waals surface area contributed by atoms with Crippen LogP contribution in [0.4, 0.5) is 4.79 Å². The number of aliphatic hydroxyl groups is 1. The van der Waals surface area contributed by atoms with Crippen molar-refractivity contribution in [3.8, 4) is 23.0 Å². The van der Waals surface area contributed by atoms with E-state index in [0.717, 1.165) is 0 Å². The van der Waals surface area contributed by atoms with Crippen LogP contribution in [-0.4, -0.2) is 48.6 Å². The molecule has 0 saturated heterocycles. The van der Waals surface area contributed by atoms with E-state index in [4.69, 9.17) is 26.8 Å². The van der Waals surface area contributed by atoms with Crippen molar-refractivity contribution < 1.29 is 19.4 Å². The lowest BCUT2D eigenvalue weighted by molar-refractivity contribution is -0.0583. The summed E-state index contributed by atoms with van der Waals surface area (Å²) in [7, 11) is 0. The van der Waals surface area contributed by atoms with Gasteiger partial charge in [0.1, 0.15) is 12.3 Å². The average Bonchev–Trinajstić information content (AvgIpc) is 3.17. The van der Waals surface area contributed by atoms with Crippen LogP contribution in [0.5, 0.6) is 11.6 Å². The van der Waals surface area contributed by atoms with Gasteiger partial charge < -0.3 is 20.3 Å². The van der Waals surface area contributed by atoms with E-state index in [1.54, 1.807) is 36.4 Å². The maximum atomic E-state index is 11.2. The van der Waals surface area contributed by atoms with E-state index in [-0.39, 0.29) is 6.54 Å². The standard InChI is InChI=1S/C20H23ClN6O4/c1-20(2,3)17(28)15(31-19(22)29)11-27-25-18(24-26-27)12-4-7-14(8-5-12)30-16-9-6-13(21)10-23-16/h4-10,15,17,28H,11H2,1-3H3,(H2,22,29)/t15-,17?/m1/s1. The van der Waals surface area contributed by atoms with Crippen LogP contribution in [0.25, 0.3) is 11.4 Å². The monoisotopic (exact) mass is 446 g/mol. The lowest BCUT2D eigenvalue weighted by Crippen LogP contribution is -2.44. The smallest absolute Gasteiger partial charge is 0.404 e. The molecule has 164 valence electrons. The Kier molecular flexibility index (Phi) is 6.71. The van der Waals surface area contributed by atoms with E-state index >= 15 is 0 Å². The molecule has 0 aliphatic carbocycles. The molecular formula is C20H23ClN6O4. The molecule has 10 nitrogen and oxygen atoms in total. The minimum atomic E-state index is -0.987. The highest BCUT2D eigenvalue weighted by Gasteiger charge is 2.34. The van der Waals surface area contributed by atoms with E-state index in [9.17, 15) is 9.90 Å². The van der Waals surface area contributed by atoms with Gasteiger partial charge in [-0.1, -0.05) is 32.4 Å². The fourth-order valence-electron chi connectivity index (χ4n) is 2.72. The Bertz CT molecular complexity index is 1020. The molecule has 2 heterocycles. The third-order valence-corrected chi connectivity index (χ3v) is 4.56. The molecule has 0 fully saturated rings. The highest BCUT2D eigenvalue weighted by Crippen LogP contribution is 2.25. The van der Waals surface area contributed by atoms with Crippen LogP contribution in [0.1, 0.15) is 20.8 Å². The van der Waals surface area contributed by atoms with Gasteiger partial charge in [-0.25, -0.2) is 9.78 Å². The molecule has 1 amide bonds. The summed E-state index contributed by atoms with van der Waals surface area (Å²) in [6.45, 7) is 5.45.